The Bertz CT molecular complexity index is 960. The van der Waals surface area contributed by atoms with Crippen molar-refractivity contribution < 1.29 is 4.79 Å². The van der Waals surface area contributed by atoms with E-state index in [1.807, 2.05) is 23.0 Å². The van der Waals surface area contributed by atoms with Gasteiger partial charge in [0.05, 0.1) is 12.1 Å². The molecule has 152 valence electrons. The second-order valence-electron chi connectivity index (χ2n) is 7.67. The number of amides is 1. The van der Waals surface area contributed by atoms with Crippen molar-refractivity contribution in [2.45, 2.75) is 20.4 Å². The fourth-order valence-corrected chi connectivity index (χ4v) is 3.30. The molecule has 6 heteroatoms. The van der Waals surface area contributed by atoms with E-state index in [2.05, 4.69) is 60.9 Å². The van der Waals surface area contributed by atoms with Gasteiger partial charge in [-0.2, -0.15) is 5.10 Å². The number of aromatic nitrogens is 2. The van der Waals surface area contributed by atoms with Crippen molar-refractivity contribution in [1.82, 2.24) is 20.4 Å². The first-order valence-electron chi connectivity index (χ1n) is 9.77. The van der Waals surface area contributed by atoms with Crippen LogP contribution in [0.1, 0.15) is 27.0 Å². The van der Waals surface area contributed by atoms with Crippen LogP contribution in [0.4, 0.5) is 0 Å². The molecule has 2 heterocycles. The SMILES string of the molecule is Cc1ccc(Cn2cc(C(=O)NCC3CNC3)c(-c3ccc(C)cc3)n2)cc1.Cl. The molecule has 1 aliphatic heterocycles. The van der Waals surface area contributed by atoms with E-state index >= 15 is 0 Å². The second-order valence-corrected chi connectivity index (χ2v) is 7.67. The minimum atomic E-state index is -0.0577. The number of carbonyl (C=O) groups is 1. The molecule has 0 saturated carbocycles. The lowest BCUT2D eigenvalue weighted by atomic mass is 10.0. The topological polar surface area (TPSA) is 59.0 Å². The van der Waals surface area contributed by atoms with Crippen LogP contribution in [0.25, 0.3) is 11.3 Å². The van der Waals surface area contributed by atoms with E-state index < -0.39 is 0 Å². The first-order valence-corrected chi connectivity index (χ1v) is 9.77. The molecule has 1 aromatic heterocycles. The molecule has 0 radical (unpaired) electrons. The molecule has 4 rings (SSSR count). The second kappa shape index (κ2) is 9.25. The Morgan fingerprint density at radius 2 is 1.69 bits per heavy atom. The summed E-state index contributed by atoms with van der Waals surface area (Å²) >= 11 is 0. The van der Waals surface area contributed by atoms with Gasteiger partial charge in [-0.3, -0.25) is 9.48 Å². The molecule has 0 bridgehead atoms. The van der Waals surface area contributed by atoms with Gasteiger partial charge in [0.2, 0.25) is 0 Å². The van der Waals surface area contributed by atoms with E-state index in [1.165, 1.54) is 11.1 Å². The van der Waals surface area contributed by atoms with Crippen LogP contribution in [0.15, 0.2) is 54.7 Å². The number of benzene rings is 2. The van der Waals surface area contributed by atoms with E-state index in [4.69, 9.17) is 5.10 Å². The lowest BCUT2D eigenvalue weighted by Gasteiger charge is -2.27. The molecule has 3 aromatic rings. The standard InChI is InChI=1S/C23H26N4O.ClH/c1-16-3-7-18(8-4-16)14-27-15-21(23(28)25-13-19-11-24-12-19)22(26-27)20-9-5-17(2)6-10-20;/h3-10,15,19,24H,11-14H2,1-2H3,(H,25,28);1H. The number of rotatable bonds is 6. The average molecular weight is 411 g/mol. The van der Waals surface area contributed by atoms with Crippen LogP contribution < -0.4 is 10.6 Å². The molecule has 0 aliphatic carbocycles. The van der Waals surface area contributed by atoms with Gasteiger partial charge in [0.1, 0.15) is 5.69 Å². The highest BCUT2D eigenvalue weighted by Crippen LogP contribution is 2.23. The third-order valence-corrected chi connectivity index (χ3v) is 5.21. The summed E-state index contributed by atoms with van der Waals surface area (Å²) in [6.07, 6.45) is 1.86. The van der Waals surface area contributed by atoms with Gasteiger partial charge < -0.3 is 10.6 Å². The van der Waals surface area contributed by atoms with Gasteiger partial charge >= 0.3 is 0 Å². The van der Waals surface area contributed by atoms with Gasteiger partial charge in [-0.05, 0) is 19.4 Å². The van der Waals surface area contributed by atoms with Crippen molar-refractivity contribution >= 4 is 18.3 Å². The van der Waals surface area contributed by atoms with Gasteiger partial charge in [0, 0.05) is 37.3 Å². The van der Waals surface area contributed by atoms with E-state index in [9.17, 15) is 4.79 Å². The Hall–Kier alpha value is -2.63. The maximum absolute atomic E-state index is 12.9. The zero-order valence-electron chi connectivity index (χ0n) is 16.8. The van der Waals surface area contributed by atoms with Crippen molar-refractivity contribution in [3.63, 3.8) is 0 Å². The van der Waals surface area contributed by atoms with E-state index in [-0.39, 0.29) is 18.3 Å². The summed E-state index contributed by atoms with van der Waals surface area (Å²) in [5.41, 5.74) is 5.90. The Labute approximate surface area is 177 Å². The van der Waals surface area contributed by atoms with E-state index in [0.29, 0.717) is 24.6 Å². The molecule has 1 amide bonds. The third-order valence-electron chi connectivity index (χ3n) is 5.21. The van der Waals surface area contributed by atoms with Crippen molar-refractivity contribution in [3.05, 3.63) is 77.0 Å². The Morgan fingerprint density at radius 3 is 2.28 bits per heavy atom. The molecule has 1 aliphatic rings. The molecule has 0 unspecified atom stereocenters. The lowest BCUT2D eigenvalue weighted by Crippen LogP contribution is -2.48. The highest BCUT2D eigenvalue weighted by molar-refractivity contribution is 5.99. The molecular formula is C23H27ClN4O. The van der Waals surface area contributed by atoms with Crippen LogP contribution >= 0.6 is 12.4 Å². The smallest absolute Gasteiger partial charge is 0.255 e. The molecule has 0 atom stereocenters. The summed E-state index contributed by atoms with van der Waals surface area (Å²) in [5.74, 6) is 0.465. The van der Waals surface area contributed by atoms with Crippen molar-refractivity contribution in [1.29, 1.82) is 0 Å². The lowest BCUT2D eigenvalue weighted by molar-refractivity contribution is 0.0942. The van der Waals surface area contributed by atoms with Crippen LogP contribution in [0, 0.1) is 19.8 Å². The minimum absolute atomic E-state index is 0. The first kappa shape index (κ1) is 21.1. The molecule has 5 nitrogen and oxygen atoms in total. The largest absolute Gasteiger partial charge is 0.352 e. The Balaban J connectivity index is 0.00000240. The number of hydrogen-bond donors (Lipinski definition) is 2. The molecular weight excluding hydrogens is 384 g/mol. The van der Waals surface area contributed by atoms with Crippen LogP contribution in [-0.2, 0) is 6.54 Å². The quantitative estimate of drug-likeness (QED) is 0.653. The van der Waals surface area contributed by atoms with Crippen molar-refractivity contribution in [2.75, 3.05) is 19.6 Å². The Morgan fingerprint density at radius 1 is 1.07 bits per heavy atom. The number of nitrogens with one attached hydrogen (secondary N) is 2. The molecule has 2 aromatic carbocycles. The fraction of sp³-hybridized carbons (Fsp3) is 0.304. The summed E-state index contributed by atoms with van der Waals surface area (Å²) < 4.78 is 1.86. The number of halogens is 1. The van der Waals surface area contributed by atoms with E-state index in [0.717, 1.165) is 29.9 Å². The zero-order chi connectivity index (χ0) is 19.5. The predicted octanol–water partition coefficient (Wildman–Crippen LogP) is 3.59. The highest BCUT2D eigenvalue weighted by atomic mass is 35.5. The summed E-state index contributed by atoms with van der Waals surface area (Å²) in [6.45, 7) is 7.41. The molecule has 1 saturated heterocycles. The van der Waals surface area contributed by atoms with Gasteiger partial charge in [0.15, 0.2) is 0 Å². The maximum atomic E-state index is 12.9. The van der Waals surface area contributed by atoms with E-state index in [1.54, 1.807) is 0 Å². The van der Waals surface area contributed by atoms with Crippen LogP contribution in [0.3, 0.4) is 0 Å². The van der Waals surface area contributed by atoms with Crippen LogP contribution in [0.5, 0.6) is 0 Å². The minimum Gasteiger partial charge on any atom is -0.352 e. The third kappa shape index (κ3) is 5.05. The molecule has 0 spiro atoms. The fourth-order valence-electron chi connectivity index (χ4n) is 3.30. The average Bonchev–Trinajstić information content (AvgIpc) is 3.07. The first-order chi connectivity index (χ1) is 13.6. The van der Waals surface area contributed by atoms with Crippen molar-refractivity contribution in [2.24, 2.45) is 5.92 Å². The van der Waals surface area contributed by atoms with Gasteiger partial charge in [-0.1, -0.05) is 59.7 Å². The zero-order valence-corrected chi connectivity index (χ0v) is 17.6. The summed E-state index contributed by atoms with van der Waals surface area (Å²) in [5, 5.41) is 11.1. The normalized spacial score (nSPS) is 13.4. The Kier molecular flexibility index (Phi) is 6.72. The number of hydrogen-bond acceptors (Lipinski definition) is 3. The number of carbonyl (C=O) groups excluding carboxylic acids is 1. The van der Waals surface area contributed by atoms with Crippen LogP contribution in [0.2, 0.25) is 0 Å². The number of nitrogens with zero attached hydrogens (tertiary/aromatic N) is 2. The van der Waals surface area contributed by atoms with Gasteiger partial charge in [-0.25, -0.2) is 0 Å². The molecule has 1 fully saturated rings. The maximum Gasteiger partial charge on any atom is 0.255 e. The highest BCUT2D eigenvalue weighted by Gasteiger charge is 2.21. The molecule has 2 N–H and O–H groups in total. The number of aryl methyl sites for hydroxylation is 2. The monoisotopic (exact) mass is 410 g/mol. The van der Waals surface area contributed by atoms with Gasteiger partial charge in [0.25, 0.3) is 5.91 Å². The predicted molar refractivity (Wildman–Crippen MR) is 119 cm³/mol. The molecule has 29 heavy (non-hydrogen) atoms. The van der Waals surface area contributed by atoms with Gasteiger partial charge in [-0.15, -0.1) is 12.4 Å². The summed E-state index contributed by atoms with van der Waals surface area (Å²) in [6, 6.07) is 16.6. The van der Waals surface area contributed by atoms with Crippen LogP contribution in [-0.4, -0.2) is 35.3 Å². The van der Waals surface area contributed by atoms with Crippen molar-refractivity contribution in [3.8, 4) is 11.3 Å². The summed E-state index contributed by atoms with van der Waals surface area (Å²) in [7, 11) is 0. The summed E-state index contributed by atoms with van der Waals surface area (Å²) in [4.78, 5) is 12.9.